The molecule has 0 saturated carbocycles. The third-order valence-electron chi connectivity index (χ3n) is 3.27. The molecule has 1 aliphatic rings. The fourth-order valence-corrected chi connectivity index (χ4v) is 4.00. The van der Waals surface area contributed by atoms with Crippen molar-refractivity contribution in [2.45, 2.75) is 45.4 Å². The minimum Gasteiger partial charge on any atom is -0.444 e. The minimum absolute atomic E-state index is 0.0880. The first-order valence-corrected chi connectivity index (χ1v) is 8.47. The van der Waals surface area contributed by atoms with E-state index < -0.39 is 5.60 Å². The van der Waals surface area contributed by atoms with Gasteiger partial charge in [-0.2, -0.15) is 0 Å². The van der Waals surface area contributed by atoms with Crippen molar-refractivity contribution in [2.75, 3.05) is 6.54 Å². The molecule has 116 valence electrons. The highest BCUT2D eigenvalue weighted by molar-refractivity contribution is 9.11. The van der Waals surface area contributed by atoms with Crippen LogP contribution in [0.1, 0.15) is 44.4 Å². The molecule has 2 N–H and O–H groups in total. The monoisotopic (exact) mass is 418 g/mol. The highest BCUT2D eigenvalue weighted by Crippen LogP contribution is 2.34. The van der Waals surface area contributed by atoms with Crippen LogP contribution in [-0.2, 0) is 11.3 Å². The third-order valence-corrected chi connectivity index (χ3v) is 4.39. The summed E-state index contributed by atoms with van der Waals surface area (Å²) in [6, 6.07) is 3.92. The first-order valence-electron chi connectivity index (χ1n) is 6.88. The number of halogens is 2. The molecule has 0 spiro atoms. The zero-order valence-corrected chi connectivity index (χ0v) is 15.6. The second-order valence-electron chi connectivity index (χ2n) is 6.26. The topological polar surface area (TPSA) is 55.6 Å². The lowest BCUT2D eigenvalue weighted by Crippen LogP contribution is -2.36. The van der Waals surface area contributed by atoms with Gasteiger partial charge in [0.1, 0.15) is 5.60 Å². The second-order valence-corrected chi connectivity index (χ2v) is 8.03. The first-order chi connectivity index (χ1) is 9.67. The van der Waals surface area contributed by atoms with Crippen molar-refractivity contribution < 1.29 is 9.53 Å². The van der Waals surface area contributed by atoms with Crippen LogP contribution >= 0.6 is 31.9 Å². The lowest BCUT2D eigenvalue weighted by atomic mass is 10.0. The number of carbonyl (C=O) groups is 1. The number of benzene rings is 1. The van der Waals surface area contributed by atoms with Gasteiger partial charge in [-0.25, -0.2) is 4.79 Å². The van der Waals surface area contributed by atoms with E-state index in [1.807, 2.05) is 32.9 Å². The molecule has 1 amide bonds. The molecule has 1 atom stereocenters. The van der Waals surface area contributed by atoms with E-state index in [2.05, 4.69) is 31.9 Å². The van der Waals surface area contributed by atoms with E-state index >= 15 is 0 Å². The molecule has 0 radical (unpaired) electrons. The van der Waals surface area contributed by atoms with E-state index in [0.29, 0.717) is 19.5 Å². The summed E-state index contributed by atoms with van der Waals surface area (Å²) in [5, 5.41) is 0. The predicted molar refractivity (Wildman–Crippen MR) is 90.0 cm³/mol. The Morgan fingerprint density at radius 1 is 1.38 bits per heavy atom. The number of nitrogens with two attached hydrogens (primary N) is 1. The van der Waals surface area contributed by atoms with Gasteiger partial charge in [-0.05, 0) is 50.5 Å². The van der Waals surface area contributed by atoms with Crippen molar-refractivity contribution >= 4 is 38.0 Å². The normalized spacial score (nSPS) is 19.0. The van der Waals surface area contributed by atoms with Gasteiger partial charge >= 0.3 is 6.09 Å². The lowest BCUT2D eigenvalue weighted by molar-refractivity contribution is 0.0235. The molecule has 0 aliphatic carbocycles. The van der Waals surface area contributed by atoms with E-state index in [0.717, 1.165) is 20.1 Å². The van der Waals surface area contributed by atoms with Crippen molar-refractivity contribution in [1.82, 2.24) is 4.90 Å². The van der Waals surface area contributed by atoms with Crippen molar-refractivity contribution in [3.63, 3.8) is 0 Å². The molecule has 0 aromatic heterocycles. The van der Waals surface area contributed by atoms with Gasteiger partial charge in [-0.3, -0.25) is 0 Å². The highest BCUT2D eigenvalue weighted by atomic mass is 79.9. The average Bonchev–Trinajstić information content (AvgIpc) is 2.46. The van der Waals surface area contributed by atoms with Gasteiger partial charge in [0.15, 0.2) is 0 Å². The summed E-state index contributed by atoms with van der Waals surface area (Å²) in [5.41, 5.74) is 7.89. The number of nitrogens with zero attached hydrogens (tertiary/aromatic N) is 1. The van der Waals surface area contributed by atoms with Crippen molar-refractivity contribution in [2.24, 2.45) is 5.73 Å². The van der Waals surface area contributed by atoms with Crippen molar-refractivity contribution in [3.8, 4) is 0 Å². The summed E-state index contributed by atoms with van der Waals surface area (Å²) in [6.45, 7) is 6.71. The van der Waals surface area contributed by atoms with Crippen LogP contribution in [0, 0.1) is 0 Å². The Labute approximate surface area is 142 Å². The van der Waals surface area contributed by atoms with Gasteiger partial charge in [0.25, 0.3) is 0 Å². The maximum Gasteiger partial charge on any atom is 0.410 e. The van der Waals surface area contributed by atoms with Gasteiger partial charge in [0.05, 0.1) is 0 Å². The van der Waals surface area contributed by atoms with Crippen LogP contribution in [0.3, 0.4) is 0 Å². The van der Waals surface area contributed by atoms with Gasteiger partial charge in [-0.15, -0.1) is 0 Å². The van der Waals surface area contributed by atoms with Gasteiger partial charge < -0.3 is 15.4 Å². The highest BCUT2D eigenvalue weighted by Gasteiger charge is 2.28. The van der Waals surface area contributed by atoms with Crippen LogP contribution < -0.4 is 5.73 Å². The number of amides is 1. The number of hydrogen-bond donors (Lipinski definition) is 1. The van der Waals surface area contributed by atoms with E-state index in [9.17, 15) is 4.79 Å². The number of ether oxygens (including phenoxy) is 1. The summed E-state index contributed by atoms with van der Waals surface area (Å²) in [6.07, 6.45) is 0.422. The fourth-order valence-electron chi connectivity index (χ4n) is 2.39. The summed E-state index contributed by atoms with van der Waals surface area (Å²) < 4.78 is 7.41. The number of rotatable bonds is 0. The van der Waals surface area contributed by atoms with Crippen LogP contribution in [0.2, 0.25) is 0 Å². The van der Waals surface area contributed by atoms with E-state index in [1.165, 1.54) is 0 Å². The van der Waals surface area contributed by atoms with Gasteiger partial charge in [0, 0.05) is 28.1 Å². The molecule has 21 heavy (non-hydrogen) atoms. The molecule has 1 aromatic carbocycles. The summed E-state index contributed by atoms with van der Waals surface area (Å²) >= 11 is 7.06. The van der Waals surface area contributed by atoms with E-state index in [-0.39, 0.29) is 12.1 Å². The number of carbonyl (C=O) groups excluding carboxylic acids is 1. The molecule has 6 heteroatoms. The van der Waals surface area contributed by atoms with Gasteiger partial charge in [0.2, 0.25) is 0 Å². The van der Waals surface area contributed by atoms with Crippen molar-refractivity contribution in [3.05, 3.63) is 32.2 Å². The standard InChI is InChI=1S/C15H20Br2N2O2/c1-15(2,3)21-14(20)19-5-4-12(18)13-9(8-19)6-10(16)7-11(13)17/h6-7,12H,4-5,8,18H2,1-3H3/t12-/m0/s1. The SMILES string of the molecule is CC(C)(C)OC(=O)N1CC[C@H](N)c2c(Br)cc(Br)cc2C1. The Morgan fingerprint density at radius 3 is 2.67 bits per heavy atom. The molecule has 1 heterocycles. The Bertz CT molecular complexity index is 555. The van der Waals surface area contributed by atoms with E-state index in [1.54, 1.807) is 4.90 Å². The molecular formula is C15H20Br2N2O2. The molecule has 0 unspecified atom stereocenters. The molecular weight excluding hydrogens is 400 g/mol. The third kappa shape index (κ3) is 4.20. The Kier molecular flexibility index (Phi) is 5.00. The zero-order chi connectivity index (χ0) is 15.8. The van der Waals surface area contributed by atoms with Gasteiger partial charge in [-0.1, -0.05) is 31.9 Å². The number of hydrogen-bond acceptors (Lipinski definition) is 3. The van der Waals surface area contributed by atoms with Crippen LogP contribution in [0.15, 0.2) is 21.1 Å². The second kappa shape index (κ2) is 6.26. The number of fused-ring (bicyclic) bond motifs is 1. The molecule has 1 aliphatic heterocycles. The summed E-state index contributed by atoms with van der Waals surface area (Å²) in [4.78, 5) is 14.0. The molecule has 4 nitrogen and oxygen atoms in total. The maximum absolute atomic E-state index is 12.3. The molecule has 0 bridgehead atoms. The average molecular weight is 420 g/mol. The molecule has 0 saturated heterocycles. The predicted octanol–water partition coefficient (Wildman–Crippen LogP) is 4.35. The largest absolute Gasteiger partial charge is 0.444 e. The Balaban J connectivity index is 2.29. The molecule has 2 rings (SSSR count). The fraction of sp³-hybridized carbons (Fsp3) is 0.533. The Hall–Kier alpha value is -0.590. The first kappa shape index (κ1) is 16.8. The Morgan fingerprint density at radius 2 is 2.05 bits per heavy atom. The quantitative estimate of drug-likeness (QED) is 0.679. The van der Waals surface area contributed by atoms with Crippen LogP contribution in [0.5, 0.6) is 0 Å². The minimum atomic E-state index is -0.494. The maximum atomic E-state index is 12.3. The lowest BCUT2D eigenvalue weighted by Gasteiger charge is -2.26. The molecule has 0 fully saturated rings. The van der Waals surface area contributed by atoms with Crippen LogP contribution in [0.25, 0.3) is 0 Å². The van der Waals surface area contributed by atoms with Crippen LogP contribution in [0.4, 0.5) is 4.79 Å². The molecule has 1 aromatic rings. The van der Waals surface area contributed by atoms with Crippen LogP contribution in [-0.4, -0.2) is 23.1 Å². The van der Waals surface area contributed by atoms with Crippen molar-refractivity contribution in [1.29, 1.82) is 0 Å². The van der Waals surface area contributed by atoms with E-state index in [4.69, 9.17) is 10.5 Å². The summed E-state index contributed by atoms with van der Waals surface area (Å²) in [5.74, 6) is 0. The zero-order valence-electron chi connectivity index (χ0n) is 12.5. The smallest absolute Gasteiger partial charge is 0.410 e. The summed E-state index contributed by atoms with van der Waals surface area (Å²) in [7, 11) is 0.